The smallest absolute Gasteiger partial charge is 0.230 e. The number of phenolic OH excluding ortho intramolecular Hbond substituents is 1. The van der Waals surface area contributed by atoms with Gasteiger partial charge in [-0.15, -0.1) is 5.10 Å². The van der Waals surface area contributed by atoms with E-state index in [1.54, 1.807) is 36.5 Å². The molecule has 176 valence electrons. The van der Waals surface area contributed by atoms with Crippen LogP contribution in [0.3, 0.4) is 0 Å². The number of ketones is 1. The van der Waals surface area contributed by atoms with Crippen molar-refractivity contribution >= 4 is 11.6 Å². The zero-order chi connectivity index (χ0) is 24.5. The van der Waals surface area contributed by atoms with Crippen LogP contribution in [0.5, 0.6) is 23.1 Å². The van der Waals surface area contributed by atoms with Gasteiger partial charge in [0, 0.05) is 11.8 Å². The van der Waals surface area contributed by atoms with Gasteiger partial charge in [0.15, 0.2) is 11.6 Å². The number of carbonyl (C=O) groups excluding carboxylic acids is 1. The minimum Gasteiger partial charge on any atom is -0.507 e. The van der Waals surface area contributed by atoms with E-state index in [9.17, 15) is 9.90 Å². The molecule has 9 heteroatoms. The molecule has 3 aromatic rings. The second kappa shape index (κ2) is 11.6. The molecule has 34 heavy (non-hydrogen) atoms. The molecule has 1 aromatic heterocycles. The number of pyridine rings is 1. The van der Waals surface area contributed by atoms with Crippen molar-refractivity contribution in [1.82, 2.24) is 4.98 Å². The van der Waals surface area contributed by atoms with Crippen molar-refractivity contribution in [1.29, 1.82) is 0 Å². The summed E-state index contributed by atoms with van der Waals surface area (Å²) < 4.78 is 11.9. The van der Waals surface area contributed by atoms with Crippen LogP contribution >= 0.6 is 0 Å². The van der Waals surface area contributed by atoms with Crippen LogP contribution in [-0.4, -0.2) is 28.8 Å². The van der Waals surface area contributed by atoms with Crippen molar-refractivity contribution < 1.29 is 19.4 Å². The van der Waals surface area contributed by atoms with E-state index in [2.05, 4.69) is 20.4 Å². The number of hydrogen-bond donors (Lipinski definition) is 2. The first-order chi connectivity index (χ1) is 16.4. The molecular weight excluding hydrogens is 434 g/mol. The van der Waals surface area contributed by atoms with E-state index < -0.39 is 0 Å². The maximum atomic E-state index is 11.8. The number of amidine groups is 1. The van der Waals surface area contributed by atoms with E-state index in [0.717, 1.165) is 12.0 Å². The minimum absolute atomic E-state index is 0.0199. The van der Waals surface area contributed by atoms with Gasteiger partial charge in [-0.25, -0.2) is 4.98 Å². The van der Waals surface area contributed by atoms with E-state index in [-0.39, 0.29) is 29.9 Å². The van der Waals surface area contributed by atoms with E-state index in [1.807, 2.05) is 25.1 Å². The van der Waals surface area contributed by atoms with E-state index in [1.165, 1.54) is 14.0 Å². The quantitative estimate of drug-likeness (QED) is 0.143. The van der Waals surface area contributed by atoms with Crippen LogP contribution in [0.15, 0.2) is 70.2 Å². The first kappa shape index (κ1) is 24.4. The molecule has 9 nitrogen and oxygen atoms in total. The number of rotatable bonds is 10. The van der Waals surface area contributed by atoms with E-state index >= 15 is 0 Å². The average Bonchev–Trinajstić information content (AvgIpc) is 2.83. The molecule has 0 saturated heterocycles. The van der Waals surface area contributed by atoms with Crippen molar-refractivity contribution in [3.8, 4) is 23.1 Å². The lowest BCUT2D eigenvalue weighted by molar-refractivity contribution is 0.101. The van der Waals surface area contributed by atoms with Gasteiger partial charge in [-0.05, 0) is 60.5 Å². The topological polar surface area (TPSA) is 132 Å². The molecule has 3 rings (SSSR count). The largest absolute Gasteiger partial charge is 0.507 e. The van der Waals surface area contributed by atoms with E-state index in [4.69, 9.17) is 15.2 Å². The molecule has 3 N–H and O–H groups in total. The van der Waals surface area contributed by atoms with Crippen LogP contribution < -0.4 is 15.2 Å². The average molecular weight is 462 g/mol. The molecule has 0 fully saturated rings. The zero-order valence-electron chi connectivity index (χ0n) is 19.4. The lowest BCUT2D eigenvalue weighted by Gasteiger charge is -2.15. The summed E-state index contributed by atoms with van der Waals surface area (Å²) >= 11 is 0. The number of carbonyl (C=O) groups is 1. The third kappa shape index (κ3) is 5.94. The Balaban J connectivity index is 1.80. The fraction of sp³-hybridized carbons (Fsp3) is 0.240. The van der Waals surface area contributed by atoms with Gasteiger partial charge in [-0.2, -0.15) is 5.11 Å². The van der Waals surface area contributed by atoms with Gasteiger partial charge < -0.3 is 20.3 Å². The van der Waals surface area contributed by atoms with Gasteiger partial charge in [0.2, 0.25) is 5.88 Å². The summed E-state index contributed by atoms with van der Waals surface area (Å²) in [7, 11) is 1.50. The second-order valence-corrected chi connectivity index (χ2v) is 7.41. The highest BCUT2D eigenvalue weighted by atomic mass is 16.5. The predicted octanol–water partition coefficient (Wildman–Crippen LogP) is 5.02. The number of phenols is 1. The van der Waals surface area contributed by atoms with Crippen LogP contribution in [0.25, 0.3) is 0 Å². The van der Waals surface area contributed by atoms with Crippen LogP contribution in [0, 0.1) is 0 Å². The standard InChI is InChI=1S/C25H27N5O4/c1-4-7-20-22(12-11-19(16(2)31)23(20)32)33-15-17-8-5-9-18(14-17)34-25-21(10-6-13-28-25)24(26)29-30-27-3/h5-6,8-14,32H,4,7,15H2,1-3H3,(H2,26,27,29). The minimum atomic E-state index is -0.191. The van der Waals surface area contributed by atoms with Crippen molar-refractivity contribution in [3.05, 3.63) is 77.0 Å². The third-order valence-corrected chi connectivity index (χ3v) is 4.92. The highest BCUT2D eigenvalue weighted by Crippen LogP contribution is 2.33. The highest BCUT2D eigenvalue weighted by molar-refractivity contribution is 5.99. The van der Waals surface area contributed by atoms with Crippen LogP contribution in [0.1, 0.15) is 47.3 Å². The Labute approximate surface area is 198 Å². The maximum Gasteiger partial charge on any atom is 0.230 e. The summed E-state index contributed by atoms with van der Waals surface area (Å²) in [4.78, 5) is 16.0. The normalized spacial score (nSPS) is 11.6. The summed E-state index contributed by atoms with van der Waals surface area (Å²) in [6.07, 6.45) is 2.98. The van der Waals surface area contributed by atoms with E-state index in [0.29, 0.717) is 34.6 Å². The summed E-state index contributed by atoms with van der Waals surface area (Å²) in [5.74, 6) is 1.27. The first-order valence-electron chi connectivity index (χ1n) is 10.8. The van der Waals surface area contributed by atoms with Gasteiger partial charge in [-0.1, -0.05) is 25.5 Å². The molecule has 0 atom stereocenters. The first-order valence-corrected chi connectivity index (χ1v) is 10.8. The zero-order valence-corrected chi connectivity index (χ0v) is 19.4. The molecule has 0 amide bonds. The molecule has 0 spiro atoms. The predicted molar refractivity (Wildman–Crippen MR) is 129 cm³/mol. The fourth-order valence-corrected chi connectivity index (χ4v) is 3.31. The molecule has 0 bridgehead atoms. The van der Waals surface area contributed by atoms with Crippen molar-refractivity contribution in [2.75, 3.05) is 7.05 Å². The Morgan fingerprint density at radius 3 is 2.71 bits per heavy atom. The molecule has 0 aliphatic rings. The van der Waals surface area contributed by atoms with Crippen LogP contribution in [-0.2, 0) is 13.0 Å². The second-order valence-electron chi connectivity index (χ2n) is 7.41. The molecule has 2 aromatic carbocycles. The Bertz CT molecular complexity index is 1220. The number of aromatic nitrogens is 1. The third-order valence-electron chi connectivity index (χ3n) is 4.92. The summed E-state index contributed by atoms with van der Waals surface area (Å²) in [5.41, 5.74) is 8.22. The summed E-state index contributed by atoms with van der Waals surface area (Å²) in [6.45, 7) is 3.67. The van der Waals surface area contributed by atoms with Crippen molar-refractivity contribution in [3.63, 3.8) is 0 Å². The summed E-state index contributed by atoms with van der Waals surface area (Å²) in [5, 5.41) is 21.5. The SMILES string of the molecule is CCCc1c(OCc2cccc(Oc3ncccc3C(N)=NN=NC)c2)ccc(C(C)=O)c1O. The van der Waals surface area contributed by atoms with Crippen LogP contribution in [0.4, 0.5) is 0 Å². The lowest BCUT2D eigenvalue weighted by Crippen LogP contribution is -2.14. The fourth-order valence-electron chi connectivity index (χ4n) is 3.31. The molecule has 0 aliphatic heterocycles. The highest BCUT2D eigenvalue weighted by Gasteiger charge is 2.16. The molecule has 0 unspecified atom stereocenters. The van der Waals surface area contributed by atoms with Crippen LogP contribution in [0.2, 0.25) is 0 Å². The number of hydrogen-bond acceptors (Lipinski definition) is 7. The number of aromatic hydroxyl groups is 1. The number of ether oxygens (including phenoxy) is 2. The number of nitrogens with zero attached hydrogens (tertiary/aromatic N) is 4. The lowest BCUT2D eigenvalue weighted by atomic mass is 10.0. The molecule has 0 saturated carbocycles. The maximum absolute atomic E-state index is 11.8. The van der Waals surface area contributed by atoms with Gasteiger partial charge >= 0.3 is 0 Å². The Morgan fingerprint density at radius 1 is 1.15 bits per heavy atom. The molecule has 0 aliphatic carbocycles. The van der Waals surface area contributed by atoms with Gasteiger partial charge in [0.05, 0.1) is 18.2 Å². The molecule has 0 radical (unpaired) electrons. The molecular formula is C25H27N5O4. The summed E-state index contributed by atoms with van der Waals surface area (Å²) in [6, 6.07) is 14.1. The number of Topliss-reactive ketones (excluding diaryl/α,β-unsaturated/α-hetero) is 1. The Kier molecular flexibility index (Phi) is 8.28. The Morgan fingerprint density at radius 2 is 1.97 bits per heavy atom. The van der Waals surface area contributed by atoms with Crippen molar-refractivity contribution in [2.24, 2.45) is 21.2 Å². The van der Waals surface area contributed by atoms with Gasteiger partial charge in [0.1, 0.15) is 23.9 Å². The van der Waals surface area contributed by atoms with Crippen molar-refractivity contribution in [2.45, 2.75) is 33.3 Å². The Hall–Kier alpha value is -4.27. The molecule has 1 heterocycles. The number of nitrogens with two attached hydrogens (primary N) is 1. The van der Waals surface area contributed by atoms with Gasteiger partial charge in [0.25, 0.3) is 0 Å². The number of benzene rings is 2. The monoisotopic (exact) mass is 461 g/mol. The van der Waals surface area contributed by atoms with Gasteiger partial charge in [-0.3, -0.25) is 4.79 Å².